The molecule has 1 fully saturated rings. The number of halogens is 4. The van der Waals surface area contributed by atoms with E-state index in [0.717, 1.165) is 7.11 Å². The molecule has 8 heteroatoms. The van der Waals surface area contributed by atoms with Gasteiger partial charge in [-0.25, -0.2) is 0 Å². The third-order valence-corrected chi connectivity index (χ3v) is 2.37. The van der Waals surface area contributed by atoms with E-state index in [-0.39, 0.29) is 12.4 Å². The predicted octanol–water partition coefficient (Wildman–Crippen LogP) is 0.802. The van der Waals surface area contributed by atoms with Crippen molar-refractivity contribution in [2.24, 2.45) is 0 Å². The van der Waals surface area contributed by atoms with Crippen LogP contribution >= 0.6 is 12.4 Å². The van der Waals surface area contributed by atoms with E-state index in [0.29, 0.717) is 0 Å². The molecular formula is C7H11ClF3NO3. The molecule has 1 aliphatic heterocycles. The number of carboxylic acids is 1. The number of alkyl halides is 3. The molecule has 0 aromatic carbocycles. The minimum Gasteiger partial charge on any atom is -0.480 e. The number of ether oxygens (including phenoxy) is 1. The maximum Gasteiger partial charge on any atom is 0.418 e. The van der Waals surface area contributed by atoms with E-state index in [2.05, 4.69) is 10.1 Å². The molecule has 1 rings (SSSR count). The Hall–Kier alpha value is -0.530. The first-order valence-corrected chi connectivity index (χ1v) is 3.90. The van der Waals surface area contributed by atoms with Crippen molar-refractivity contribution in [2.45, 2.75) is 24.2 Å². The molecule has 0 aromatic rings. The molecule has 0 aromatic heterocycles. The predicted molar refractivity (Wildman–Crippen MR) is 47.1 cm³/mol. The van der Waals surface area contributed by atoms with Crippen molar-refractivity contribution in [1.82, 2.24) is 5.32 Å². The number of nitrogens with one attached hydrogen (secondary N) is 1. The minimum absolute atomic E-state index is 0. The Kier molecular flexibility index (Phi) is 4.38. The van der Waals surface area contributed by atoms with Crippen molar-refractivity contribution < 1.29 is 27.8 Å². The fourth-order valence-electron chi connectivity index (χ4n) is 1.42. The zero-order chi connectivity index (χ0) is 11.0. The summed E-state index contributed by atoms with van der Waals surface area (Å²) in [6, 6.07) is -1.20. The van der Waals surface area contributed by atoms with Crippen LogP contribution in [0, 0.1) is 0 Å². The normalized spacial score (nSPS) is 31.1. The summed E-state index contributed by atoms with van der Waals surface area (Å²) in [6.45, 7) is -0.524. The van der Waals surface area contributed by atoms with E-state index in [1.54, 1.807) is 0 Å². The van der Waals surface area contributed by atoms with E-state index < -0.39 is 36.8 Å². The molecule has 1 aliphatic rings. The third kappa shape index (κ3) is 2.53. The molecule has 0 spiro atoms. The summed E-state index contributed by atoms with van der Waals surface area (Å²) in [6.07, 6.45) is -5.15. The SMILES string of the molecule is CO[C@]1(C(F)(F)F)CN[C@H](C(=O)O)C1.Cl. The Bertz CT molecular complexity index is 248. The van der Waals surface area contributed by atoms with E-state index in [1.165, 1.54) is 0 Å². The van der Waals surface area contributed by atoms with Crippen LogP contribution in [0.2, 0.25) is 0 Å². The Morgan fingerprint density at radius 1 is 1.60 bits per heavy atom. The van der Waals surface area contributed by atoms with E-state index in [1.807, 2.05) is 0 Å². The largest absolute Gasteiger partial charge is 0.480 e. The molecule has 0 radical (unpaired) electrons. The smallest absolute Gasteiger partial charge is 0.418 e. The lowest BCUT2D eigenvalue weighted by atomic mass is 9.99. The van der Waals surface area contributed by atoms with Gasteiger partial charge >= 0.3 is 12.1 Å². The molecule has 0 bridgehead atoms. The maximum absolute atomic E-state index is 12.5. The maximum atomic E-state index is 12.5. The van der Waals surface area contributed by atoms with Gasteiger partial charge in [0.25, 0.3) is 0 Å². The monoisotopic (exact) mass is 249 g/mol. The topological polar surface area (TPSA) is 58.6 Å². The highest BCUT2D eigenvalue weighted by Crippen LogP contribution is 2.39. The van der Waals surface area contributed by atoms with Gasteiger partial charge in [0.2, 0.25) is 0 Å². The van der Waals surface area contributed by atoms with E-state index in [4.69, 9.17) is 5.11 Å². The van der Waals surface area contributed by atoms with Gasteiger partial charge in [0, 0.05) is 20.1 Å². The van der Waals surface area contributed by atoms with Gasteiger partial charge < -0.3 is 15.2 Å². The number of aliphatic carboxylic acids is 1. The molecule has 2 N–H and O–H groups in total. The van der Waals surface area contributed by atoms with Crippen molar-refractivity contribution in [3.8, 4) is 0 Å². The lowest BCUT2D eigenvalue weighted by molar-refractivity contribution is -0.262. The molecule has 4 nitrogen and oxygen atoms in total. The zero-order valence-electron chi connectivity index (χ0n) is 7.80. The van der Waals surface area contributed by atoms with E-state index >= 15 is 0 Å². The van der Waals surface area contributed by atoms with Crippen molar-refractivity contribution in [1.29, 1.82) is 0 Å². The average Bonchev–Trinajstić information content (AvgIpc) is 2.47. The Morgan fingerprint density at radius 3 is 2.33 bits per heavy atom. The summed E-state index contributed by atoms with van der Waals surface area (Å²) in [7, 11) is 0.930. The van der Waals surface area contributed by atoms with Gasteiger partial charge in [-0.05, 0) is 0 Å². The second kappa shape index (κ2) is 4.54. The number of hydrogen-bond donors (Lipinski definition) is 2. The molecule has 0 aliphatic carbocycles. The number of carbonyl (C=O) groups is 1. The highest BCUT2D eigenvalue weighted by Gasteiger charge is 2.60. The van der Waals surface area contributed by atoms with Crippen LogP contribution in [0.25, 0.3) is 0 Å². The lowest BCUT2D eigenvalue weighted by Crippen LogP contribution is -2.48. The number of hydrogen-bond acceptors (Lipinski definition) is 3. The molecule has 2 atom stereocenters. The number of methoxy groups -OCH3 is 1. The first-order valence-electron chi connectivity index (χ1n) is 3.90. The van der Waals surface area contributed by atoms with Crippen LogP contribution in [0.4, 0.5) is 13.2 Å². The minimum atomic E-state index is -4.56. The van der Waals surface area contributed by atoms with Crippen LogP contribution in [0.1, 0.15) is 6.42 Å². The van der Waals surface area contributed by atoms with Gasteiger partial charge in [0.15, 0.2) is 5.60 Å². The van der Waals surface area contributed by atoms with E-state index in [9.17, 15) is 18.0 Å². The van der Waals surface area contributed by atoms with Crippen molar-refractivity contribution in [3.63, 3.8) is 0 Å². The van der Waals surface area contributed by atoms with Gasteiger partial charge in [0.05, 0.1) is 0 Å². The van der Waals surface area contributed by atoms with Gasteiger partial charge in [-0.1, -0.05) is 0 Å². The van der Waals surface area contributed by atoms with Crippen LogP contribution in [0.15, 0.2) is 0 Å². The molecule has 15 heavy (non-hydrogen) atoms. The molecule has 1 saturated heterocycles. The van der Waals surface area contributed by atoms with Crippen molar-refractivity contribution in [3.05, 3.63) is 0 Å². The van der Waals surface area contributed by atoms with Gasteiger partial charge in [0.1, 0.15) is 6.04 Å². The second-order valence-corrected chi connectivity index (χ2v) is 3.17. The zero-order valence-corrected chi connectivity index (χ0v) is 8.61. The molecule has 1 heterocycles. The summed E-state index contributed by atoms with van der Waals surface area (Å²) >= 11 is 0. The van der Waals surface area contributed by atoms with Crippen LogP contribution in [-0.2, 0) is 9.53 Å². The Balaban J connectivity index is 0.00000196. The standard InChI is InChI=1S/C7H10F3NO3.ClH/c1-14-6(7(8,9)10)2-4(5(12)13)11-3-6;/h4,11H,2-3H2,1H3,(H,12,13);1H/t4-,6-;/m0./s1. The molecule has 0 unspecified atom stereocenters. The fourth-order valence-corrected chi connectivity index (χ4v) is 1.42. The molecule has 0 saturated carbocycles. The lowest BCUT2D eigenvalue weighted by Gasteiger charge is -2.29. The van der Waals surface area contributed by atoms with Crippen LogP contribution in [-0.4, -0.2) is 42.5 Å². The summed E-state index contributed by atoms with van der Waals surface area (Å²) in [5.74, 6) is -1.30. The summed E-state index contributed by atoms with van der Waals surface area (Å²) < 4.78 is 41.9. The Morgan fingerprint density at radius 2 is 2.13 bits per heavy atom. The fraction of sp³-hybridized carbons (Fsp3) is 0.857. The van der Waals surface area contributed by atoms with Crippen molar-refractivity contribution >= 4 is 18.4 Å². The molecule has 90 valence electrons. The highest BCUT2D eigenvalue weighted by atomic mass is 35.5. The highest BCUT2D eigenvalue weighted by molar-refractivity contribution is 5.85. The van der Waals surface area contributed by atoms with Gasteiger partial charge in [-0.2, -0.15) is 13.2 Å². The second-order valence-electron chi connectivity index (χ2n) is 3.17. The van der Waals surface area contributed by atoms with Crippen LogP contribution in [0.3, 0.4) is 0 Å². The third-order valence-electron chi connectivity index (χ3n) is 2.37. The molecule has 0 amide bonds. The summed E-state index contributed by atoms with van der Waals surface area (Å²) in [4.78, 5) is 10.4. The quantitative estimate of drug-likeness (QED) is 0.760. The first-order chi connectivity index (χ1) is 6.32. The Labute approximate surface area is 90.2 Å². The average molecular weight is 250 g/mol. The van der Waals surface area contributed by atoms with Crippen molar-refractivity contribution in [2.75, 3.05) is 13.7 Å². The number of rotatable bonds is 2. The van der Waals surface area contributed by atoms with Crippen LogP contribution in [0.5, 0.6) is 0 Å². The van der Waals surface area contributed by atoms with Gasteiger partial charge in [-0.15, -0.1) is 12.4 Å². The van der Waals surface area contributed by atoms with Crippen LogP contribution < -0.4 is 5.32 Å². The number of carboxylic acid groups (broad SMARTS) is 1. The summed E-state index contributed by atoms with van der Waals surface area (Å²) in [5.41, 5.74) is -2.37. The molecular weight excluding hydrogens is 239 g/mol. The van der Waals surface area contributed by atoms with Gasteiger partial charge in [-0.3, -0.25) is 4.79 Å². The summed E-state index contributed by atoms with van der Waals surface area (Å²) in [5, 5.41) is 10.8. The first kappa shape index (κ1) is 14.5.